The smallest absolute Gasteiger partial charge is 0.0439 e. The van der Waals surface area contributed by atoms with Crippen molar-refractivity contribution in [2.75, 3.05) is 0 Å². The van der Waals surface area contributed by atoms with Gasteiger partial charge in [0.2, 0.25) is 0 Å². The lowest BCUT2D eigenvalue weighted by molar-refractivity contribution is 0.506. The molecule has 2 aliphatic rings. The largest absolute Gasteiger partial charge is 0.257 e. The van der Waals surface area contributed by atoms with Gasteiger partial charge in [-0.1, -0.05) is 71.6 Å². The number of unbranched alkanes of at least 4 members (excludes halogenated alkanes) is 8. The highest BCUT2D eigenvalue weighted by atomic mass is 14.9. The van der Waals surface area contributed by atoms with Gasteiger partial charge >= 0.3 is 0 Å². The van der Waals surface area contributed by atoms with Crippen molar-refractivity contribution in [3.63, 3.8) is 0 Å². The Bertz CT molecular complexity index is 377. The highest BCUT2D eigenvalue weighted by Gasteiger charge is 2.22. The van der Waals surface area contributed by atoms with Crippen molar-refractivity contribution in [3.8, 4) is 0 Å². The molecule has 0 bridgehead atoms. The van der Waals surface area contributed by atoms with Crippen molar-refractivity contribution in [1.29, 1.82) is 0 Å². The van der Waals surface area contributed by atoms with Gasteiger partial charge in [-0.2, -0.15) is 0 Å². The average Bonchev–Trinajstić information content (AvgIpc) is 2.97. The summed E-state index contributed by atoms with van der Waals surface area (Å²) in [6.45, 7) is 4.66. The molecule has 1 unspecified atom stereocenters. The van der Waals surface area contributed by atoms with Crippen LogP contribution in [0.4, 0.5) is 0 Å². The molecule has 1 heterocycles. The SMILES string of the molecule is CCCCCCCCCCCC(C)C1=CC2=C(CCCC2)[N]1. The van der Waals surface area contributed by atoms with Crippen LogP contribution in [0.3, 0.4) is 0 Å². The minimum absolute atomic E-state index is 0.662. The molecule has 1 aliphatic carbocycles. The molecule has 2 rings (SSSR count). The molecule has 1 atom stereocenters. The Morgan fingerprint density at radius 1 is 0.909 bits per heavy atom. The van der Waals surface area contributed by atoms with Gasteiger partial charge in [0, 0.05) is 11.4 Å². The minimum atomic E-state index is 0.662. The second kappa shape index (κ2) is 10.1. The number of nitrogens with zero attached hydrogens (tertiary/aromatic N) is 1. The van der Waals surface area contributed by atoms with Crippen LogP contribution in [0.2, 0.25) is 0 Å². The Morgan fingerprint density at radius 3 is 2.23 bits per heavy atom. The Morgan fingerprint density at radius 2 is 1.55 bits per heavy atom. The first kappa shape index (κ1) is 17.6. The van der Waals surface area contributed by atoms with E-state index in [1.807, 2.05) is 0 Å². The molecule has 0 amide bonds. The molecule has 22 heavy (non-hydrogen) atoms. The predicted octanol–water partition coefficient (Wildman–Crippen LogP) is 6.87. The lowest BCUT2D eigenvalue weighted by atomic mass is 9.96. The standard InChI is InChI=1S/C21H36N/c1-3-4-5-6-7-8-9-10-11-14-18(2)21-17-19-15-12-13-16-20(19)22-21/h17-18H,3-16H2,1-2H3. The zero-order chi connectivity index (χ0) is 15.6. The van der Waals surface area contributed by atoms with Gasteiger partial charge in [0.25, 0.3) is 0 Å². The summed E-state index contributed by atoms with van der Waals surface area (Å²) in [7, 11) is 0. The molecule has 1 radical (unpaired) electrons. The van der Waals surface area contributed by atoms with E-state index in [-0.39, 0.29) is 0 Å². The maximum absolute atomic E-state index is 4.91. The lowest BCUT2D eigenvalue weighted by Gasteiger charge is -2.14. The third-order valence-corrected chi connectivity index (χ3v) is 5.31. The third-order valence-electron chi connectivity index (χ3n) is 5.31. The van der Waals surface area contributed by atoms with Crippen molar-refractivity contribution in [2.24, 2.45) is 5.92 Å². The van der Waals surface area contributed by atoms with Crippen LogP contribution < -0.4 is 5.32 Å². The van der Waals surface area contributed by atoms with Crippen LogP contribution in [0.15, 0.2) is 23.0 Å². The van der Waals surface area contributed by atoms with E-state index in [1.54, 1.807) is 5.57 Å². The van der Waals surface area contributed by atoms with Gasteiger partial charge in [-0.3, -0.25) is 5.32 Å². The van der Waals surface area contributed by atoms with Gasteiger partial charge < -0.3 is 0 Å². The Kier molecular flexibility index (Phi) is 8.12. The lowest BCUT2D eigenvalue weighted by Crippen LogP contribution is -2.09. The molecule has 0 saturated heterocycles. The molecule has 0 spiro atoms. The minimum Gasteiger partial charge on any atom is -0.257 e. The summed E-state index contributed by atoms with van der Waals surface area (Å²) in [5.41, 5.74) is 4.35. The van der Waals surface area contributed by atoms with E-state index < -0.39 is 0 Å². The van der Waals surface area contributed by atoms with Gasteiger partial charge in [-0.05, 0) is 49.7 Å². The first-order valence-corrected chi connectivity index (χ1v) is 9.96. The predicted molar refractivity (Wildman–Crippen MR) is 96.7 cm³/mol. The first-order chi connectivity index (χ1) is 10.8. The molecule has 1 aliphatic heterocycles. The van der Waals surface area contributed by atoms with Crippen molar-refractivity contribution in [2.45, 2.75) is 104 Å². The molecule has 0 aromatic carbocycles. The van der Waals surface area contributed by atoms with Crippen molar-refractivity contribution in [3.05, 3.63) is 23.0 Å². The highest BCUT2D eigenvalue weighted by molar-refractivity contribution is 5.38. The Hall–Kier alpha value is -0.720. The van der Waals surface area contributed by atoms with Gasteiger partial charge in [0.15, 0.2) is 0 Å². The number of hydrogen-bond acceptors (Lipinski definition) is 0. The van der Waals surface area contributed by atoms with E-state index >= 15 is 0 Å². The summed E-state index contributed by atoms with van der Waals surface area (Å²) in [4.78, 5) is 0. The van der Waals surface area contributed by atoms with E-state index in [9.17, 15) is 0 Å². The molecule has 0 aromatic rings. The van der Waals surface area contributed by atoms with Crippen LogP contribution in [0.1, 0.15) is 104 Å². The normalized spacial score (nSPS) is 18.9. The summed E-state index contributed by atoms with van der Waals surface area (Å²) >= 11 is 0. The van der Waals surface area contributed by atoms with E-state index in [2.05, 4.69) is 19.9 Å². The zero-order valence-electron chi connectivity index (χ0n) is 15.0. The second-order valence-electron chi connectivity index (χ2n) is 7.38. The maximum Gasteiger partial charge on any atom is 0.0439 e. The van der Waals surface area contributed by atoms with Crippen LogP contribution in [-0.2, 0) is 0 Å². The molecule has 125 valence electrons. The maximum atomic E-state index is 4.91. The zero-order valence-corrected chi connectivity index (χ0v) is 15.0. The molecule has 0 saturated carbocycles. The quantitative estimate of drug-likeness (QED) is 0.370. The summed E-state index contributed by atoms with van der Waals surface area (Å²) in [6, 6.07) is 0. The number of hydrogen-bond donors (Lipinski definition) is 0. The monoisotopic (exact) mass is 302 g/mol. The fourth-order valence-electron chi connectivity index (χ4n) is 3.72. The van der Waals surface area contributed by atoms with Gasteiger partial charge in [0.05, 0.1) is 0 Å². The average molecular weight is 303 g/mol. The Balaban J connectivity index is 1.49. The number of allylic oxidation sites excluding steroid dienone is 4. The third kappa shape index (κ3) is 5.82. The second-order valence-corrected chi connectivity index (χ2v) is 7.38. The fraction of sp³-hybridized carbons (Fsp3) is 0.810. The van der Waals surface area contributed by atoms with Crippen molar-refractivity contribution in [1.82, 2.24) is 5.32 Å². The van der Waals surface area contributed by atoms with Crippen molar-refractivity contribution < 1.29 is 0 Å². The van der Waals surface area contributed by atoms with Crippen LogP contribution in [-0.4, -0.2) is 0 Å². The summed E-state index contributed by atoms with van der Waals surface area (Å²) in [5, 5.41) is 4.91. The van der Waals surface area contributed by atoms with E-state index in [0.717, 1.165) is 0 Å². The molecule has 0 N–H and O–H groups in total. The molecule has 0 aromatic heterocycles. The van der Waals surface area contributed by atoms with E-state index in [0.29, 0.717) is 5.92 Å². The molecule has 1 heteroatoms. The van der Waals surface area contributed by atoms with Crippen LogP contribution in [0.5, 0.6) is 0 Å². The molecule has 0 fully saturated rings. The fourth-order valence-corrected chi connectivity index (χ4v) is 3.72. The van der Waals surface area contributed by atoms with Crippen molar-refractivity contribution >= 4 is 0 Å². The Labute approximate surface area is 138 Å². The molecule has 1 nitrogen and oxygen atoms in total. The summed E-state index contributed by atoms with van der Waals surface area (Å²) in [5.74, 6) is 0.662. The van der Waals surface area contributed by atoms with Gasteiger partial charge in [-0.25, -0.2) is 0 Å². The number of rotatable bonds is 11. The highest BCUT2D eigenvalue weighted by Crippen LogP contribution is 2.34. The van der Waals surface area contributed by atoms with E-state index in [4.69, 9.17) is 5.32 Å². The first-order valence-electron chi connectivity index (χ1n) is 9.96. The summed E-state index contributed by atoms with van der Waals surface area (Å²) < 4.78 is 0. The van der Waals surface area contributed by atoms with E-state index in [1.165, 1.54) is 101 Å². The topological polar surface area (TPSA) is 14.1 Å². The van der Waals surface area contributed by atoms with Gasteiger partial charge in [-0.15, -0.1) is 0 Å². The van der Waals surface area contributed by atoms with Crippen LogP contribution in [0, 0.1) is 5.92 Å². The molecular formula is C21H36N. The molecular weight excluding hydrogens is 266 g/mol. The summed E-state index contributed by atoms with van der Waals surface area (Å²) in [6.07, 6.45) is 21.7. The van der Waals surface area contributed by atoms with Crippen LogP contribution >= 0.6 is 0 Å². The van der Waals surface area contributed by atoms with Gasteiger partial charge in [0.1, 0.15) is 0 Å². The van der Waals surface area contributed by atoms with Crippen LogP contribution in [0.25, 0.3) is 0 Å².